The summed E-state index contributed by atoms with van der Waals surface area (Å²) in [6, 6.07) is 0. The van der Waals surface area contributed by atoms with E-state index < -0.39 is 22.8 Å². The van der Waals surface area contributed by atoms with Gasteiger partial charge >= 0.3 is 11.9 Å². The highest BCUT2D eigenvalue weighted by molar-refractivity contribution is 5.87. The second-order valence-corrected chi connectivity index (χ2v) is 7.13. The smallest absolute Gasteiger partial charge is 0.311 e. The zero-order valence-electron chi connectivity index (χ0n) is 14.6. The van der Waals surface area contributed by atoms with Gasteiger partial charge in [-0.3, -0.25) is 9.59 Å². The molecule has 0 amide bonds. The maximum absolute atomic E-state index is 11.9. The number of allylic oxidation sites excluding steroid dienone is 2. The molecule has 2 atom stereocenters. The van der Waals surface area contributed by atoms with Gasteiger partial charge in [-0.1, -0.05) is 70.4 Å². The molecular formula is C19H32O4. The summed E-state index contributed by atoms with van der Waals surface area (Å²) in [5.74, 6) is -1.96. The van der Waals surface area contributed by atoms with Gasteiger partial charge in [0.1, 0.15) is 0 Å². The molecule has 1 aliphatic carbocycles. The third-order valence-electron chi connectivity index (χ3n) is 5.55. The normalized spacial score (nSPS) is 27.0. The average Bonchev–Trinajstić information content (AvgIpc) is 2.51. The van der Waals surface area contributed by atoms with Gasteiger partial charge in [0.25, 0.3) is 0 Å². The van der Waals surface area contributed by atoms with E-state index in [4.69, 9.17) is 0 Å². The van der Waals surface area contributed by atoms with Crippen molar-refractivity contribution in [2.75, 3.05) is 0 Å². The Kier molecular flexibility index (Phi) is 7.80. The first-order chi connectivity index (χ1) is 10.9. The minimum atomic E-state index is -1.21. The van der Waals surface area contributed by atoms with Gasteiger partial charge in [0.15, 0.2) is 0 Å². The number of carboxylic acid groups (broad SMARTS) is 2. The minimum absolute atomic E-state index is 0.297. The highest BCUT2D eigenvalue weighted by atomic mass is 16.4. The third kappa shape index (κ3) is 4.58. The lowest BCUT2D eigenvalue weighted by Gasteiger charge is -2.44. The Morgan fingerprint density at radius 3 is 1.91 bits per heavy atom. The Hall–Kier alpha value is -1.32. The van der Waals surface area contributed by atoms with Crippen molar-refractivity contribution in [2.45, 2.75) is 84.5 Å². The van der Waals surface area contributed by atoms with Gasteiger partial charge in [-0.15, -0.1) is 0 Å². The number of rotatable bonds is 11. The van der Waals surface area contributed by atoms with E-state index in [-0.39, 0.29) is 0 Å². The summed E-state index contributed by atoms with van der Waals surface area (Å²) in [7, 11) is 0. The van der Waals surface area contributed by atoms with Crippen LogP contribution in [0, 0.1) is 10.8 Å². The molecule has 0 radical (unpaired) electrons. The van der Waals surface area contributed by atoms with Crippen LogP contribution in [-0.4, -0.2) is 22.2 Å². The van der Waals surface area contributed by atoms with Gasteiger partial charge in [0.05, 0.1) is 10.8 Å². The molecule has 0 heterocycles. The third-order valence-corrected chi connectivity index (χ3v) is 5.55. The Balaban J connectivity index is 2.56. The van der Waals surface area contributed by atoms with Crippen LogP contribution in [0.5, 0.6) is 0 Å². The van der Waals surface area contributed by atoms with E-state index in [0.29, 0.717) is 19.3 Å². The molecule has 0 saturated heterocycles. The molecule has 2 N–H and O–H groups in total. The van der Waals surface area contributed by atoms with Crippen molar-refractivity contribution in [1.29, 1.82) is 0 Å². The molecular weight excluding hydrogens is 292 g/mol. The first-order valence-electron chi connectivity index (χ1n) is 9.02. The average molecular weight is 324 g/mol. The molecule has 0 aromatic heterocycles. The summed E-state index contributed by atoms with van der Waals surface area (Å²) in [5.41, 5.74) is -2.38. The van der Waals surface area contributed by atoms with E-state index >= 15 is 0 Å². The lowest BCUT2D eigenvalue weighted by Crippen LogP contribution is -2.51. The van der Waals surface area contributed by atoms with Crippen LogP contribution in [0.2, 0.25) is 0 Å². The van der Waals surface area contributed by atoms with Crippen LogP contribution in [0.3, 0.4) is 0 Å². The van der Waals surface area contributed by atoms with E-state index in [9.17, 15) is 19.8 Å². The van der Waals surface area contributed by atoms with Gasteiger partial charge in [0, 0.05) is 0 Å². The van der Waals surface area contributed by atoms with Crippen LogP contribution < -0.4 is 0 Å². The predicted molar refractivity (Wildman–Crippen MR) is 91.4 cm³/mol. The Morgan fingerprint density at radius 2 is 1.39 bits per heavy atom. The van der Waals surface area contributed by atoms with Crippen LogP contribution in [0.15, 0.2) is 12.2 Å². The molecule has 4 nitrogen and oxygen atoms in total. The number of aliphatic carboxylic acids is 2. The Labute approximate surface area is 140 Å². The van der Waals surface area contributed by atoms with E-state index in [1.165, 1.54) is 32.1 Å². The van der Waals surface area contributed by atoms with E-state index in [1.807, 2.05) is 12.2 Å². The van der Waals surface area contributed by atoms with Crippen molar-refractivity contribution in [3.63, 3.8) is 0 Å². The summed E-state index contributed by atoms with van der Waals surface area (Å²) in [6.07, 6.45) is 13.8. The van der Waals surface area contributed by atoms with Crippen molar-refractivity contribution >= 4 is 11.9 Å². The number of unbranched alkanes of at least 4 members (excludes halogenated alkanes) is 7. The van der Waals surface area contributed by atoms with Crippen molar-refractivity contribution in [1.82, 2.24) is 0 Å². The van der Waals surface area contributed by atoms with E-state index in [0.717, 1.165) is 19.3 Å². The molecule has 2 unspecified atom stereocenters. The fourth-order valence-corrected chi connectivity index (χ4v) is 3.69. The summed E-state index contributed by atoms with van der Waals surface area (Å²) in [6.45, 7) is 3.79. The second-order valence-electron chi connectivity index (χ2n) is 7.13. The second kappa shape index (κ2) is 9.09. The van der Waals surface area contributed by atoms with Crippen LogP contribution >= 0.6 is 0 Å². The van der Waals surface area contributed by atoms with Gasteiger partial charge in [-0.25, -0.2) is 0 Å². The predicted octanol–water partition coefficient (Wildman–Crippen LogP) is 5.03. The summed E-state index contributed by atoms with van der Waals surface area (Å²) >= 11 is 0. The maximum Gasteiger partial charge on any atom is 0.311 e. The molecule has 132 valence electrons. The molecule has 1 aliphatic rings. The molecule has 0 aromatic carbocycles. The molecule has 0 aromatic rings. The molecule has 0 fully saturated rings. The first kappa shape index (κ1) is 19.7. The molecule has 1 rings (SSSR count). The van der Waals surface area contributed by atoms with Crippen LogP contribution in [0.25, 0.3) is 0 Å². The lowest BCUT2D eigenvalue weighted by molar-refractivity contribution is -0.174. The minimum Gasteiger partial charge on any atom is -0.481 e. The highest BCUT2D eigenvalue weighted by Gasteiger charge is 2.57. The lowest BCUT2D eigenvalue weighted by atomic mass is 9.56. The SMILES string of the molecule is CCCCCCCCCCC1(C(=O)O)CC=CCC1(C)C(=O)O. The molecule has 23 heavy (non-hydrogen) atoms. The van der Waals surface area contributed by atoms with Crippen molar-refractivity contribution in [2.24, 2.45) is 10.8 Å². The van der Waals surface area contributed by atoms with Crippen molar-refractivity contribution in [3.05, 3.63) is 12.2 Å². The molecule has 0 spiro atoms. The van der Waals surface area contributed by atoms with E-state index in [1.54, 1.807) is 6.92 Å². The van der Waals surface area contributed by atoms with Crippen LogP contribution in [0.1, 0.15) is 84.5 Å². The van der Waals surface area contributed by atoms with Crippen molar-refractivity contribution < 1.29 is 19.8 Å². The monoisotopic (exact) mass is 324 g/mol. The van der Waals surface area contributed by atoms with E-state index in [2.05, 4.69) is 6.92 Å². The quantitative estimate of drug-likeness (QED) is 0.413. The Bertz CT molecular complexity index is 429. The fraction of sp³-hybridized carbons (Fsp3) is 0.789. The standard InChI is InChI=1S/C19H32O4/c1-3-4-5-6-7-8-9-10-14-19(17(22)23)15-12-11-13-18(19,2)16(20)21/h11-12H,3-10,13-15H2,1-2H3,(H,20,21)(H,22,23). The summed E-state index contributed by atoms with van der Waals surface area (Å²) in [4.78, 5) is 23.7. The summed E-state index contributed by atoms with van der Waals surface area (Å²) in [5, 5.41) is 19.4. The maximum atomic E-state index is 11.9. The van der Waals surface area contributed by atoms with Gasteiger partial charge < -0.3 is 10.2 Å². The van der Waals surface area contributed by atoms with Crippen LogP contribution in [-0.2, 0) is 9.59 Å². The van der Waals surface area contributed by atoms with Gasteiger partial charge in [-0.2, -0.15) is 0 Å². The topological polar surface area (TPSA) is 74.6 Å². The van der Waals surface area contributed by atoms with Crippen molar-refractivity contribution in [3.8, 4) is 0 Å². The number of hydrogen-bond donors (Lipinski definition) is 2. The molecule has 0 saturated carbocycles. The molecule has 0 aliphatic heterocycles. The molecule has 0 bridgehead atoms. The largest absolute Gasteiger partial charge is 0.481 e. The zero-order chi connectivity index (χ0) is 17.3. The summed E-state index contributed by atoms with van der Waals surface area (Å²) < 4.78 is 0. The van der Waals surface area contributed by atoms with Gasteiger partial charge in [-0.05, 0) is 26.2 Å². The molecule has 4 heteroatoms. The zero-order valence-corrected chi connectivity index (χ0v) is 14.6. The fourth-order valence-electron chi connectivity index (χ4n) is 3.69. The first-order valence-corrected chi connectivity index (χ1v) is 9.02. The number of carbonyl (C=O) groups is 2. The van der Waals surface area contributed by atoms with Crippen LogP contribution in [0.4, 0.5) is 0 Å². The number of carboxylic acids is 2. The van der Waals surface area contributed by atoms with Gasteiger partial charge in [0.2, 0.25) is 0 Å². The number of hydrogen-bond acceptors (Lipinski definition) is 2. The highest BCUT2D eigenvalue weighted by Crippen LogP contribution is 2.52. The Morgan fingerprint density at radius 1 is 0.870 bits per heavy atom.